The van der Waals surface area contributed by atoms with Crippen molar-refractivity contribution in [2.75, 3.05) is 0 Å². The molecule has 0 fully saturated rings. The Bertz CT molecular complexity index is 829. The van der Waals surface area contributed by atoms with Gasteiger partial charge in [-0.1, -0.05) is 47.5 Å². The van der Waals surface area contributed by atoms with Gasteiger partial charge in [0, 0.05) is 32.7 Å². The monoisotopic (exact) mass is 315 g/mol. The lowest BCUT2D eigenvalue weighted by atomic mass is 10.1. The molecule has 4 heteroatoms. The predicted octanol–water partition coefficient (Wildman–Crippen LogP) is 5.37. The van der Waals surface area contributed by atoms with Crippen molar-refractivity contribution in [2.45, 2.75) is 0 Å². The molecule has 104 valence electrons. The molecule has 0 atom stereocenters. The summed E-state index contributed by atoms with van der Waals surface area (Å²) in [5.74, 6) is -0.0662. The van der Waals surface area contributed by atoms with E-state index in [9.17, 15) is 4.79 Å². The van der Waals surface area contributed by atoms with Crippen LogP contribution in [0.25, 0.3) is 17.0 Å². The molecule has 0 bridgehead atoms. The van der Waals surface area contributed by atoms with Gasteiger partial charge in [-0.25, -0.2) is 0 Å². The Labute approximate surface area is 132 Å². The molecule has 0 saturated carbocycles. The highest BCUT2D eigenvalue weighted by molar-refractivity contribution is 6.34. The highest BCUT2D eigenvalue weighted by Crippen LogP contribution is 2.21. The number of para-hydroxylation sites is 1. The molecule has 1 N–H and O–H groups in total. The van der Waals surface area contributed by atoms with E-state index in [4.69, 9.17) is 23.2 Å². The Morgan fingerprint density at radius 2 is 1.76 bits per heavy atom. The van der Waals surface area contributed by atoms with Crippen LogP contribution in [0.4, 0.5) is 0 Å². The van der Waals surface area contributed by atoms with Gasteiger partial charge in [0.2, 0.25) is 0 Å². The number of ketones is 1. The van der Waals surface area contributed by atoms with Crippen LogP contribution in [0.1, 0.15) is 15.9 Å². The van der Waals surface area contributed by atoms with Crippen LogP contribution in [0.15, 0.2) is 54.7 Å². The number of halogens is 2. The molecular formula is C17H11Cl2NO. The van der Waals surface area contributed by atoms with E-state index >= 15 is 0 Å². The van der Waals surface area contributed by atoms with Crippen LogP contribution in [0.2, 0.25) is 10.0 Å². The van der Waals surface area contributed by atoms with Gasteiger partial charge in [0.15, 0.2) is 5.78 Å². The first-order valence-corrected chi connectivity index (χ1v) is 7.14. The second kappa shape index (κ2) is 5.76. The Balaban J connectivity index is 1.90. The van der Waals surface area contributed by atoms with Gasteiger partial charge in [-0.15, -0.1) is 0 Å². The largest absolute Gasteiger partial charge is 0.360 e. The fourth-order valence-corrected chi connectivity index (χ4v) is 2.75. The van der Waals surface area contributed by atoms with E-state index < -0.39 is 0 Å². The number of H-pyrrole nitrogens is 1. The first-order chi connectivity index (χ1) is 10.1. The van der Waals surface area contributed by atoms with Gasteiger partial charge < -0.3 is 4.98 Å². The minimum absolute atomic E-state index is 0.0662. The van der Waals surface area contributed by atoms with Crippen LogP contribution < -0.4 is 0 Å². The molecule has 0 aliphatic rings. The Morgan fingerprint density at radius 1 is 1.05 bits per heavy atom. The van der Waals surface area contributed by atoms with Crippen molar-refractivity contribution in [1.29, 1.82) is 0 Å². The van der Waals surface area contributed by atoms with Crippen molar-refractivity contribution in [3.05, 3.63) is 75.9 Å². The summed E-state index contributed by atoms with van der Waals surface area (Å²) in [5, 5.41) is 2.00. The summed E-state index contributed by atoms with van der Waals surface area (Å²) in [6.45, 7) is 0. The average Bonchev–Trinajstić information content (AvgIpc) is 2.88. The third-order valence-corrected chi connectivity index (χ3v) is 3.60. The van der Waals surface area contributed by atoms with Gasteiger partial charge in [-0.05, 0) is 35.9 Å². The maximum atomic E-state index is 12.3. The number of aromatic nitrogens is 1. The van der Waals surface area contributed by atoms with Gasteiger partial charge >= 0.3 is 0 Å². The van der Waals surface area contributed by atoms with Crippen molar-refractivity contribution in [1.82, 2.24) is 4.98 Å². The molecule has 2 aromatic carbocycles. The smallest absolute Gasteiger partial charge is 0.187 e. The zero-order valence-corrected chi connectivity index (χ0v) is 12.4. The van der Waals surface area contributed by atoms with Gasteiger partial charge in [0.05, 0.1) is 0 Å². The quantitative estimate of drug-likeness (QED) is 0.511. The van der Waals surface area contributed by atoms with Crippen LogP contribution in [-0.2, 0) is 0 Å². The van der Waals surface area contributed by atoms with Crippen molar-refractivity contribution in [2.24, 2.45) is 0 Å². The average molecular weight is 316 g/mol. The lowest BCUT2D eigenvalue weighted by molar-refractivity contribution is 0.104. The van der Waals surface area contributed by atoms with Crippen LogP contribution in [0.3, 0.4) is 0 Å². The third kappa shape index (κ3) is 3.02. The maximum absolute atomic E-state index is 12.3. The van der Waals surface area contributed by atoms with Crippen LogP contribution in [0.5, 0.6) is 0 Å². The van der Waals surface area contributed by atoms with E-state index in [1.165, 1.54) is 6.08 Å². The molecule has 0 aliphatic carbocycles. The number of nitrogens with one attached hydrogen (secondary N) is 1. The molecule has 1 heterocycles. The molecule has 21 heavy (non-hydrogen) atoms. The zero-order valence-electron chi connectivity index (χ0n) is 10.9. The van der Waals surface area contributed by atoms with Crippen LogP contribution >= 0.6 is 23.2 Å². The second-order valence-electron chi connectivity index (χ2n) is 4.65. The lowest BCUT2D eigenvalue weighted by Crippen LogP contribution is -1.92. The van der Waals surface area contributed by atoms with Crippen molar-refractivity contribution in [3.8, 4) is 0 Å². The van der Waals surface area contributed by atoms with Gasteiger partial charge in [0.25, 0.3) is 0 Å². The summed E-state index contributed by atoms with van der Waals surface area (Å²) in [4.78, 5) is 15.4. The summed E-state index contributed by atoms with van der Waals surface area (Å²) >= 11 is 11.9. The molecule has 2 nitrogen and oxygen atoms in total. The van der Waals surface area contributed by atoms with E-state index in [0.717, 1.165) is 16.5 Å². The third-order valence-electron chi connectivity index (χ3n) is 3.17. The highest BCUT2D eigenvalue weighted by atomic mass is 35.5. The highest BCUT2D eigenvalue weighted by Gasteiger charge is 2.08. The van der Waals surface area contributed by atoms with E-state index in [1.807, 2.05) is 24.3 Å². The maximum Gasteiger partial charge on any atom is 0.187 e. The molecule has 3 rings (SSSR count). The first-order valence-electron chi connectivity index (χ1n) is 6.38. The number of aromatic amines is 1. The number of carbonyl (C=O) groups is 1. The second-order valence-corrected chi connectivity index (χ2v) is 5.52. The van der Waals surface area contributed by atoms with E-state index in [0.29, 0.717) is 15.6 Å². The molecule has 0 saturated heterocycles. The summed E-state index contributed by atoms with van der Waals surface area (Å²) < 4.78 is 0. The number of allylic oxidation sites excluding steroid dienone is 1. The summed E-state index contributed by atoms with van der Waals surface area (Å²) in [6.07, 6.45) is 4.96. The van der Waals surface area contributed by atoms with Gasteiger partial charge in [-0.2, -0.15) is 0 Å². The molecule has 0 radical (unpaired) electrons. The summed E-state index contributed by atoms with van der Waals surface area (Å²) in [5.41, 5.74) is 2.38. The Kier molecular flexibility index (Phi) is 3.82. The van der Waals surface area contributed by atoms with Gasteiger partial charge in [-0.3, -0.25) is 4.79 Å². The van der Waals surface area contributed by atoms with Crippen molar-refractivity contribution in [3.63, 3.8) is 0 Å². The standard InChI is InChI=1S/C17H11Cl2NO/c18-12-7-11(8-13(19)9-12)5-6-17(21)15-10-20-16-4-2-1-3-14(15)16/h1-10,20H/b6-5+. The van der Waals surface area contributed by atoms with Gasteiger partial charge in [0.1, 0.15) is 0 Å². The van der Waals surface area contributed by atoms with E-state index in [1.54, 1.807) is 30.5 Å². The minimum atomic E-state index is -0.0662. The summed E-state index contributed by atoms with van der Waals surface area (Å²) in [6, 6.07) is 12.9. The Hall–Kier alpha value is -2.03. The topological polar surface area (TPSA) is 32.9 Å². The molecule has 3 aromatic rings. The SMILES string of the molecule is O=C(/C=C/c1cc(Cl)cc(Cl)c1)c1c[nH]c2ccccc12. The van der Waals surface area contributed by atoms with Crippen molar-refractivity contribution < 1.29 is 4.79 Å². The fourth-order valence-electron chi connectivity index (χ4n) is 2.21. The van der Waals surface area contributed by atoms with E-state index in [2.05, 4.69) is 4.98 Å². The molecular weight excluding hydrogens is 305 g/mol. The number of hydrogen-bond acceptors (Lipinski definition) is 1. The lowest BCUT2D eigenvalue weighted by Gasteiger charge is -1.97. The first kappa shape index (κ1) is 13.9. The van der Waals surface area contributed by atoms with E-state index in [-0.39, 0.29) is 5.78 Å². The van der Waals surface area contributed by atoms with Crippen LogP contribution in [0, 0.1) is 0 Å². The zero-order chi connectivity index (χ0) is 14.8. The number of rotatable bonds is 3. The molecule has 1 aromatic heterocycles. The molecule has 0 unspecified atom stereocenters. The molecule has 0 aliphatic heterocycles. The number of benzene rings is 2. The minimum Gasteiger partial charge on any atom is -0.360 e. The summed E-state index contributed by atoms with van der Waals surface area (Å²) in [7, 11) is 0. The molecule has 0 spiro atoms. The van der Waals surface area contributed by atoms with Crippen molar-refractivity contribution >= 4 is 46.0 Å². The van der Waals surface area contributed by atoms with Crippen LogP contribution in [-0.4, -0.2) is 10.8 Å². The fraction of sp³-hybridized carbons (Fsp3) is 0. The number of carbonyl (C=O) groups excluding carboxylic acids is 1. The number of hydrogen-bond donors (Lipinski definition) is 1. The molecule has 0 amide bonds. The normalized spacial score (nSPS) is 11.3. The Morgan fingerprint density at radius 3 is 2.52 bits per heavy atom. The number of fused-ring (bicyclic) bond motifs is 1. The predicted molar refractivity (Wildman–Crippen MR) is 88.1 cm³/mol.